The molecular weight excluding hydrogens is 233 g/mol. The standard InChI is InChI=1S/C11H13F3OSi/c1-16(2,3)10(15)8-4-6-9(7-5-8)11(12,13)14/h4-7H,1-3H3. The lowest BCUT2D eigenvalue weighted by molar-refractivity contribution is -0.137. The highest BCUT2D eigenvalue weighted by atomic mass is 28.3. The molecule has 88 valence electrons. The Labute approximate surface area is 93.3 Å². The first kappa shape index (κ1) is 13.0. The zero-order valence-electron chi connectivity index (χ0n) is 9.35. The van der Waals surface area contributed by atoms with E-state index in [9.17, 15) is 18.0 Å². The lowest BCUT2D eigenvalue weighted by Crippen LogP contribution is -2.33. The van der Waals surface area contributed by atoms with Crippen LogP contribution in [0.5, 0.6) is 0 Å². The van der Waals surface area contributed by atoms with Crippen LogP contribution in [0.4, 0.5) is 13.2 Å². The highest BCUT2D eigenvalue weighted by molar-refractivity contribution is 7.05. The van der Waals surface area contributed by atoms with Crippen molar-refractivity contribution in [3.8, 4) is 0 Å². The molecule has 0 atom stereocenters. The SMILES string of the molecule is C[Si](C)(C)C(=O)c1ccc(C(F)(F)F)cc1. The van der Waals surface area contributed by atoms with Gasteiger partial charge in [-0.25, -0.2) is 0 Å². The molecule has 0 unspecified atom stereocenters. The summed E-state index contributed by atoms with van der Waals surface area (Å²) in [6.45, 7) is 5.60. The van der Waals surface area contributed by atoms with E-state index in [2.05, 4.69) is 0 Å². The Bertz CT molecular complexity index is 387. The lowest BCUT2D eigenvalue weighted by atomic mass is 10.1. The first-order chi connectivity index (χ1) is 7.12. The highest BCUT2D eigenvalue weighted by Crippen LogP contribution is 2.29. The Hall–Kier alpha value is -1.10. The molecule has 0 saturated heterocycles. The van der Waals surface area contributed by atoms with Crippen LogP contribution in [0, 0.1) is 0 Å². The summed E-state index contributed by atoms with van der Waals surface area (Å²) < 4.78 is 36.8. The Balaban J connectivity index is 3.01. The summed E-state index contributed by atoms with van der Waals surface area (Å²) in [5.41, 5.74) is -0.355. The Morgan fingerprint density at radius 1 is 1.06 bits per heavy atom. The van der Waals surface area contributed by atoms with Crippen molar-refractivity contribution in [1.82, 2.24) is 0 Å². The topological polar surface area (TPSA) is 17.1 Å². The third-order valence-corrected chi connectivity index (χ3v) is 3.81. The number of hydrogen-bond donors (Lipinski definition) is 0. The first-order valence-corrected chi connectivity index (χ1v) is 8.34. The Kier molecular flexibility index (Phi) is 3.28. The zero-order chi connectivity index (χ0) is 12.6. The third kappa shape index (κ3) is 2.94. The number of carbonyl (C=O) groups excluding carboxylic acids is 1. The second-order valence-electron chi connectivity index (χ2n) is 4.65. The molecule has 1 aromatic carbocycles. The van der Waals surface area contributed by atoms with E-state index in [-0.39, 0.29) is 5.41 Å². The summed E-state index contributed by atoms with van der Waals surface area (Å²) in [6, 6.07) is 4.41. The molecule has 0 aliphatic rings. The molecule has 0 radical (unpaired) electrons. The molecule has 1 rings (SSSR count). The fourth-order valence-electron chi connectivity index (χ4n) is 1.24. The lowest BCUT2D eigenvalue weighted by Gasteiger charge is -2.14. The van der Waals surface area contributed by atoms with Crippen LogP contribution in [-0.2, 0) is 6.18 Å². The number of rotatable bonds is 2. The minimum atomic E-state index is -4.35. The predicted octanol–water partition coefficient (Wildman–Crippen LogP) is 3.77. The van der Waals surface area contributed by atoms with Gasteiger partial charge in [-0.1, -0.05) is 31.8 Å². The monoisotopic (exact) mass is 246 g/mol. The van der Waals surface area contributed by atoms with Gasteiger partial charge in [0.2, 0.25) is 0 Å². The van der Waals surface area contributed by atoms with Crippen LogP contribution in [0.2, 0.25) is 19.6 Å². The van der Waals surface area contributed by atoms with Gasteiger partial charge in [-0.2, -0.15) is 13.2 Å². The molecule has 0 amide bonds. The molecule has 0 aromatic heterocycles. The molecule has 5 heteroatoms. The molecule has 0 N–H and O–H groups in total. The first-order valence-electron chi connectivity index (χ1n) is 4.84. The summed E-state index contributed by atoms with van der Waals surface area (Å²) in [6.07, 6.45) is -4.35. The van der Waals surface area contributed by atoms with E-state index in [0.29, 0.717) is 5.56 Å². The predicted molar refractivity (Wildman–Crippen MR) is 59.1 cm³/mol. The Morgan fingerprint density at radius 2 is 1.50 bits per heavy atom. The summed E-state index contributed by atoms with van der Waals surface area (Å²) in [5.74, 6) is 0. The minimum absolute atomic E-state index is 0.0266. The zero-order valence-corrected chi connectivity index (χ0v) is 10.4. The van der Waals surface area contributed by atoms with Crippen LogP contribution in [0.25, 0.3) is 0 Å². The maximum atomic E-state index is 12.3. The molecule has 0 bridgehead atoms. The molecule has 0 heterocycles. The van der Waals surface area contributed by atoms with Crippen LogP contribution >= 0.6 is 0 Å². The van der Waals surface area contributed by atoms with Crippen molar-refractivity contribution in [2.75, 3.05) is 0 Å². The van der Waals surface area contributed by atoms with Crippen LogP contribution in [0.3, 0.4) is 0 Å². The average Bonchev–Trinajstić information content (AvgIpc) is 2.14. The maximum absolute atomic E-state index is 12.3. The van der Waals surface area contributed by atoms with Gasteiger partial charge < -0.3 is 4.79 Å². The van der Waals surface area contributed by atoms with Gasteiger partial charge in [0.15, 0.2) is 0 Å². The number of halogens is 3. The van der Waals surface area contributed by atoms with Gasteiger partial charge in [0, 0.05) is 5.56 Å². The van der Waals surface area contributed by atoms with E-state index in [1.54, 1.807) is 0 Å². The smallest absolute Gasteiger partial charge is 0.300 e. The highest BCUT2D eigenvalue weighted by Gasteiger charge is 2.31. The van der Waals surface area contributed by atoms with Gasteiger partial charge in [0.05, 0.1) is 5.56 Å². The number of benzene rings is 1. The van der Waals surface area contributed by atoms with Crippen LogP contribution in [-0.4, -0.2) is 13.5 Å². The molecule has 16 heavy (non-hydrogen) atoms. The quantitative estimate of drug-likeness (QED) is 0.726. The summed E-state index contributed by atoms with van der Waals surface area (Å²) in [7, 11) is -1.98. The normalized spacial score (nSPS) is 12.6. The van der Waals surface area contributed by atoms with Crippen molar-refractivity contribution in [3.63, 3.8) is 0 Å². The number of hydrogen-bond acceptors (Lipinski definition) is 1. The van der Waals surface area contributed by atoms with Crippen molar-refractivity contribution < 1.29 is 18.0 Å². The van der Waals surface area contributed by atoms with Crippen molar-refractivity contribution >= 4 is 13.5 Å². The van der Waals surface area contributed by atoms with Gasteiger partial charge in [0.25, 0.3) is 0 Å². The van der Waals surface area contributed by atoms with Crippen LogP contribution in [0.1, 0.15) is 15.9 Å². The molecule has 0 saturated carbocycles. The Morgan fingerprint density at radius 3 is 1.81 bits per heavy atom. The fourth-order valence-corrected chi connectivity index (χ4v) is 2.28. The molecule has 0 aliphatic carbocycles. The van der Waals surface area contributed by atoms with E-state index < -0.39 is 19.8 Å². The van der Waals surface area contributed by atoms with Gasteiger partial charge in [-0.05, 0) is 12.1 Å². The average molecular weight is 246 g/mol. The van der Waals surface area contributed by atoms with Gasteiger partial charge in [0.1, 0.15) is 13.5 Å². The number of alkyl halides is 3. The van der Waals surface area contributed by atoms with E-state index >= 15 is 0 Å². The second-order valence-corrected chi connectivity index (χ2v) is 9.61. The largest absolute Gasteiger partial charge is 0.416 e. The van der Waals surface area contributed by atoms with E-state index in [1.807, 2.05) is 19.6 Å². The molecule has 1 aromatic rings. The molecule has 0 spiro atoms. The van der Waals surface area contributed by atoms with Crippen molar-refractivity contribution in [3.05, 3.63) is 35.4 Å². The summed E-state index contributed by atoms with van der Waals surface area (Å²) in [4.78, 5) is 11.8. The minimum Gasteiger partial charge on any atom is -0.300 e. The molecule has 0 aliphatic heterocycles. The molecule has 1 nitrogen and oxygen atoms in total. The van der Waals surface area contributed by atoms with Crippen LogP contribution < -0.4 is 0 Å². The second kappa shape index (κ2) is 4.05. The van der Waals surface area contributed by atoms with E-state index in [0.717, 1.165) is 12.1 Å². The molecule has 0 fully saturated rings. The molecular formula is C11H13F3OSi. The van der Waals surface area contributed by atoms with Crippen molar-refractivity contribution in [1.29, 1.82) is 0 Å². The van der Waals surface area contributed by atoms with Gasteiger partial charge in [-0.15, -0.1) is 0 Å². The third-order valence-electron chi connectivity index (χ3n) is 2.16. The fraction of sp³-hybridized carbons (Fsp3) is 0.364. The van der Waals surface area contributed by atoms with Gasteiger partial charge in [-0.3, -0.25) is 0 Å². The van der Waals surface area contributed by atoms with Gasteiger partial charge >= 0.3 is 6.18 Å². The summed E-state index contributed by atoms with van der Waals surface area (Å²) in [5, 5.41) is -0.0266. The van der Waals surface area contributed by atoms with E-state index in [1.165, 1.54) is 12.1 Å². The maximum Gasteiger partial charge on any atom is 0.416 e. The van der Waals surface area contributed by atoms with Crippen LogP contribution in [0.15, 0.2) is 24.3 Å². The number of carbonyl (C=O) groups is 1. The van der Waals surface area contributed by atoms with Crippen molar-refractivity contribution in [2.45, 2.75) is 25.8 Å². The summed E-state index contributed by atoms with van der Waals surface area (Å²) >= 11 is 0. The van der Waals surface area contributed by atoms with Crippen molar-refractivity contribution in [2.24, 2.45) is 0 Å². The van der Waals surface area contributed by atoms with E-state index in [4.69, 9.17) is 0 Å².